The Morgan fingerprint density at radius 2 is 1.74 bits per heavy atom. The SMILES string of the molecule is CCOc1ccc(C(O)=C2C(=O)C(=O)N(CCCN3CCOCC3)[C@H]2c2ccc(C(C)(C)C)cc2)cc1C. The van der Waals surface area contributed by atoms with E-state index in [4.69, 9.17) is 9.47 Å². The minimum atomic E-state index is -0.652. The molecule has 2 fully saturated rings. The third kappa shape index (κ3) is 5.94. The molecule has 2 aliphatic heterocycles. The Kier molecular flexibility index (Phi) is 8.58. The monoisotopic (exact) mass is 520 g/mol. The summed E-state index contributed by atoms with van der Waals surface area (Å²) < 4.78 is 11.1. The number of likely N-dealkylation sites (tertiary alicyclic amines) is 1. The summed E-state index contributed by atoms with van der Waals surface area (Å²) >= 11 is 0. The third-order valence-electron chi connectivity index (χ3n) is 7.36. The van der Waals surface area contributed by atoms with Crippen LogP contribution in [-0.4, -0.2) is 72.6 Å². The van der Waals surface area contributed by atoms with E-state index in [1.807, 2.05) is 38.1 Å². The summed E-state index contributed by atoms with van der Waals surface area (Å²) in [6.07, 6.45) is 0.728. The number of nitrogens with zero attached hydrogens (tertiary/aromatic N) is 2. The van der Waals surface area contributed by atoms with Crippen LogP contribution in [0, 0.1) is 6.92 Å². The number of amides is 1. The molecule has 7 nitrogen and oxygen atoms in total. The molecule has 1 N–H and O–H groups in total. The molecule has 0 unspecified atom stereocenters. The van der Waals surface area contributed by atoms with Crippen molar-refractivity contribution in [3.05, 3.63) is 70.3 Å². The zero-order valence-electron chi connectivity index (χ0n) is 23.3. The molecule has 4 rings (SSSR count). The predicted molar refractivity (Wildman–Crippen MR) is 148 cm³/mol. The highest BCUT2D eigenvalue weighted by Crippen LogP contribution is 2.40. The van der Waals surface area contributed by atoms with Gasteiger partial charge in [0, 0.05) is 31.7 Å². The second-order valence-corrected chi connectivity index (χ2v) is 11.1. The number of carbonyl (C=O) groups is 2. The van der Waals surface area contributed by atoms with Crippen LogP contribution < -0.4 is 4.74 Å². The molecule has 1 amide bonds. The first-order valence-corrected chi connectivity index (χ1v) is 13.5. The fourth-order valence-electron chi connectivity index (χ4n) is 5.18. The zero-order valence-corrected chi connectivity index (χ0v) is 23.3. The molecular formula is C31H40N2O5. The largest absolute Gasteiger partial charge is 0.507 e. The van der Waals surface area contributed by atoms with Crippen LogP contribution in [0.3, 0.4) is 0 Å². The average Bonchev–Trinajstić information content (AvgIpc) is 3.15. The summed E-state index contributed by atoms with van der Waals surface area (Å²) in [5.74, 6) is -0.650. The van der Waals surface area contributed by atoms with Gasteiger partial charge in [0.05, 0.1) is 31.4 Å². The molecule has 0 saturated carbocycles. The van der Waals surface area contributed by atoms with E-state index in [9.17, 15) is 14.7 Å². The number of aliphatic hydroxyl groups excluding tert-OH is 1. The molecule has 38 heavy (non-hydrogen) atoms. The molecule has 2 heterocycles. The van der Waals surface area contributed by atoms with Crippen molar-refractivity contribution in [2.45, 2.75) is 52.5 Å². The lowest BCUT2D eigenvalue weighted by molar-refractivity contribution is -0.140. The van der Waals surface area contributed by atoms with Gasteiger partial charge in [0.15, 0.2) is 0 Å². The van der Waals surface area contributed by atoms with Crippen molar-refractivity contribution in [2.24, 2.45) is 0 Å². The maximum absolute atomic E-state index is 13.4. The van der Waals surface area contributed by atoms with Gasteiger partial charge in [-0.15, -0.1) is 0 Å². The van der Waals surface area contributed by atoms with Crippen LogP contribution in [0.4, 0.5) is 0 Å². The minimum absolute atomic E-state index is 0.0294. The Bertz CT molecular complexity index is 1190. The molecular weight excluding hydrogens is 480 g/mol. The standard InChI is InChI=1S/C31H40N2O5/c1-6-38-25-13-10-23(20-21(25)2)28(34)26-27(22-8-11-24(12-9-22)31(3,4)5)33(30(36)29(26)35)15-7-14-32-16-18-37-19-17-32/h8-13,20,27,34H,6-7,14-19H2,1-5H3/t27-/m0/s1. The van der Waals surface area contributed by atoms with Gasteiger partial charge in [-0.05, 0) is 60.6 Å². The number of rotatable bonds is 8. The molecule has 2 aromatic rings. The van der Waals surface area contributed by atoms with Gasteiger partial charge in [-0.25, -0.2) is 0 Å². The van der Waals surface area contributed by atoms with Crippen molar-refractivity contribution in [1.82, 2.24) is 9.80 Å². The number of ketones is 1. The van der Waals surface area contributed by atoms with Crippen LogP contribution >= 0.6 is 0 Å². The lowest BCUT2D eigenvalue weighted by Gasteiger charge is -2.29. The Morgan fingerprint density at radius 3 is 2.34 bits per heavy atom. The van der Waals surface area contributed by atoms with Crippen molar-refractivity contribution < 1.29 is 24.2 Å². The van der Waals surface area contributed by atoms with Gasteiger partial charge in [-0.2, -0.15) is 0 Å². The van der Waals surface area contributed by atoms with E-state index < -0.39 is 17.7 Å². The van der Waals surface area contributed by atoms with Gasteiger partial charge in [-0.3, -0.25) is 14.5 Å². The molecule has 2 aromatic carbocycles. The van der Waals surface area contributed by atoms with E-state index in [1.165, 1.54) is 0 Å². The van der Waals surface area contributed by atoms with Gasteiger partial charge < -0.3 is 19.5 Å². The summed E-state index contributed by atoms with van der Waals surface area (Å²) in [6, 6.07) is 12.7. The van der Waals surface area contributed by atoms with Crippen LogP contribution in [0.1, 0.15) is 62.4 Å². The van der Waals surface area contributed by atoms with Crippen molar-refractivity contribution in [3.63, 3.8) is 0 Å². The summed E-state index contributed by atoms with van der Waals surface area (Å²) in [7, 11) is 0. The molecule has 0 radical (unpaired) electrons. The van der Waals surface area contributed by atoms with E-state index in [0.717, 1.165) is 48.5 Å². The summed E-state index contributed by atoms with van der Waals surface area (Å²) in [4.78, 5) is 30.7. The highest BCUT2D eigenvalue weighted by molar-refractivity contribution is 6.46. The number of hydrogen-bond acceptors (Lipinski definition) is 6. The average molecular weight is 521 g/mol. The predicted octanol–water partition coefficient (Wildman–Crippen LogP) is 4.84. The molecule has 7 heteroatoms. The number of hydrogen-bond donors (Lipinski definition) is 1. The molecule has 0 aromatic heterocycles. The first-order chi connectivity index (χ1) is 18.1. The third-order valence-corrected chi connectivity index (χ3v) is 7.36. The number of carbonyl (C=O) groups excluding carboxylic acids is 2. The lowest BCUT2D eigenvalue weighted by Crippen LogP contribution is -2.39. The topological polar surface area (TPSA) is 79.3 Å². The molecule has 2 saturated heterocycles. The Labute approximate surface area is 226 Å². The Morgan fingerprint density at radius 1 is 1.05 bits per heavy atom. The van der Waals surface area contributed by atoms with Gasteiger partial charge in [0.2, 0.25) is 0 Å². The van der Waals surface area contributed by atoms with Gasteiger partial charge in [0.25, 0.3) is 11.7 Å². The van der Waals surface area contributed by atoms with E-state index in [0.29, 0.717) is 31.9 Å². The number of ether oxygens (including phenoxy) is 2. The van der Waals surface area contributed by atoms with Crippen LogP contribution in [0.15, 0.2) is 48.0 Å². The second kappa shape index (κ2) is 11.7. The fourth-order valence-corrected chi connectivity index (χ4v) is 5.18. The molecule has 0 bridgehead atoms. The Hall–Kier alpha value is -3.16. The first kappa shape index (κ1) is 27.9. The van der Waals surface area contributed by atoms with E-state index in [2.05, 4.69) is 25.7 Å². The molecule has 204 valence electrons. The van der Waals surface area contributed by atoms with Crippen molar-refractivity contribution in [3.8, 4) is 5.75 Å². The highest BCUT2D eigenvalue weighted by Gasteiger charge is 2.46. The first-order valence-electron chi connectivity index (χ1n) is 13.5. The molecule has 1 atom stereocenters. The van der Waals surface area contributed by atoms with Crippen LogP contribution in [0.2, 0.25) is 0 Å². The van der Waals surface area contributed by atoms with E-state index >= 15 is 0 Å². The number of benzene rings is 2. The second-order valence-electron chi connectivity index (χ2n) is 11.1. The lowest BCUT2D eigenvalue weighted by atomic mass is 9.85. The fraction of sp³-hybridized carbons (Fsp3) is 0.484. The van der Waals surface area contributed by atoms with Gasteiger partial charge in [-0.1, -0.05) is 45.0 Å². The van der Waals surface area contributed by atoms with Crippen molar-refractivity contribution in [1.29, 1.82) is 0 Å². The smallest absolute Gasteiger partial charge is 0.295 e. The van der Waals surface area contributed by atoms with Crippen molar-refractivity contribution >= 4 is 17.4 Å². The van der Waals surface area contributed by atoms with Crippen LogP contribution in [0.25, 0.3) is 5.76 Å². The highest BCUT2D eigenvalue weighted by atomic mass is 16.5. The Balaban J connectivity index is 1.70. The summed E-state index contributed by atoms with van der Waals surface area (Å²) in [5, 5.41) is 11.4. The summed E-state index contributed by atoms with van der Waals surface area (Å²) in [6.45, 7) is 15.2. The minimum Gasteiger partial charge on any atom is -0.507 e. The molecule has 2 aliphatic rings. The van der Waals surface area contributed by atoms with Gasteiger partial charge >= 0.3 is 0 Å². The summed E-state index contributed by atoms with van der Waals surface area (Å²) in [5.41, 5.74) is 3.42. The van der Waals surface area contributed by atoms with Gasteiger partial charge in [0.1, 0.15) is 11.5 Å². The maximum atomic E-state index is 13.4. The van der Waals surface area contributed by atoms with E-state index in [1.54, 1.807) is 23.1 Å². The zero-order chi connectivity index (χ0) is 27.4. The maximum Gasteiger partial charge on any atom is 0.295 e. The van der Waals surface area contributed by atoms with E-state index in [-0.39, 0.29) is 16.7 Å². The number of aliphatic hydroxyl groups is 1. The normalized spacial score (nSPS) is 20.2. The van der Waals surface area contributed by atoms with Crippen LogP contribution in [-0.2, 0) is 19.7 Å². The number of morpholine rings is 1. The van der Waals surface area contributed by atoms with Crippen molar-refractivity contribution in [2.75, 3.05) is 46.0 Å². The quantitative estimate of drug-likeness (QED) is 0.305. The molecule has 0 aliphatic carbocycles. The van der Waals surface area contributed by atoms with Crippen LogP contribution in [0.5, 0.6) is 5.75 Å². The molecule has 0 spiro atoms. The number of Topliss-reactive ketones (excluding diaryl/α,β-unsaturated/α-hetero) is 1. The number of aryl methyl sites for hydroxylation is 1.